The molecule has 2 N–H and O–H groups in total. The fourth-order valence-corrected chi connectivity index (χ4v) is 0.855. The van der Waals surface area contributed by atoms with E-state index in [1.807, 2.05) is 0 Å². The first-order valence-corrected chi connectivity index (χ1v) is 6.48. The maximum atomic E-state index is 4.61. The normalized spacial score (nSPS) is 20.3. The van der Waals surface area contributed by atoms with E-state index in [2.05, 4.69) is 25.4 Å². The summed E-state index contributed by atoms with van der Waals surface area (Å²) >= 11 is 1.61. The van der Waals surface area contributed by atoms with Crippen molar-refractivity contribution >= 4 is 9.42 Å². The minimum atomic E-state index is 0.974. The van der Waals surface area contributed by atoms with Gasteiger partial charge in [0, 0.05) is 13.1 Å². The molecular formula is C6H14ClN3Pt. The number of hydrogen-bond acceptors (Lipinski definition) is 2. The summed E-state index contributed by atoms with van der Waals surface area (Å²) in [5, 5.41) is 10.8. The van der Waals surface area contributed by atoms with Gasteiger partial charge in [-0.3, -0.25) is 0 Å². The molecule has 1 aliphatic rings. The van der Waals surface area contributed by atoms with Crippen LogP contribution >= 0.6 is 9.42 Å². The predicted molar refractivity (Wildman–Crippen MR) is 44.7 cm³/mol. The molecule has 0 aromatic heterocycles. The van der Waals surface area contributed by atoms with E-state index in [0.29, 0.717) is 0 Å². The summed E-state index contributed by atoms with van der Waals surface area (Å²) in [5.74, 6) is 0. The van der Waals surface area contributed by atoms with Crippen molar-refractivity contribution in [3.63, 3.8) is 0 Å². The Hall–Kier alpha value is 0.858. The van der Waals surface area contributed by atoms with Crippen LogP contribution in [0.2, 0.25) is 0 Å². The Kier molecular flexibility index (Phi) is 11.7. The number of nitrogens with one attached hydrogen (secondary N) is 2. The van der Waals surface area contributed by atoms with Crippen molar-refractivity contribution in [2.75, 3.05) is 39.3 Å². The Balaban J connectivity index is 0.000000461. The van der Waals surface area contributed by atoms with Crippen molar-refractivity contribution in [2.45, 2.75) is 0 Å². The van der Waals surface area contributed by atoms with E-state index in [1.165, 1.54) is 0 Å². The summed E-state index contributed by atoms with van der Waals surface area (Å²) in [7, 11) is 4.61. The van der Waals surface area contributed by atoms with Crippen LogP contribution in [0.15, 0.2) is 0 Å². The average Bonchev–Trinajstić information content (AvgIpc) is 2.22. The molecule has 0 atom stereocenters. The third-order valence-corrected chi connectivity index (χ3v) is 1.37. The van der Waals surface area contributed by atoms with Gasteiger partial charge in [-0.05, 0) is 13.1 Å². The van der Waals surface area contributed by atoms with Gasteiger partial charge in [0.2, 0.25) is 0 Å². The van der Waals surface area contributed by atoms with E-state index in [-0.39, 0.29) is 0 Å². The molecule has 1 aliphatic heterocycles. The van der Waals surface area contributed by atoms with E-state index >= 15 is 0 Å². The molecule has 1 saturated heterocycles. The Morgan fingerprint density at radius 1 is 0.909 bits per heavy atom. The molecule has 0 aromatic rings. The summed E-state index contributed by atoms with van der Waals surface area (Å²) in [6.45, 7) is 6.19. The monoisotopic (exact) mass is 358 g/mol. The quantitative estimate of drug-likeness (QED) is 0.651. The maximum absolute atomic E-state index is 4.61. The second-order valence-corrected chi connectivity index (χ2v) is 2.17. The van der Waals surface area contributed by atoms with Gasteiger partial charge in [-0.1, -0.05) is 0 Å². The van der Waals surface area contributed by atoms with Gasteiger partial charge >= 0.3 is 28.2 Å². The van der Waals surface area contributed by atoms with Crippen molar-refractivity contribution < 1.29 is 18.8 Å². The van der Waals surface area contributed by atoms with Gasteiger partial charge in [-0.2, -0.15) is 0 Å². The molecule has 0 aliphatic carbocycles. The van der Waals surface area contributed by atoms with Crippen molar-refractivity contribution in [1.29, 1.82) is 0 Å². The molecule has 1 rings (SSSR count). The first-order valence-electron chi connectivity index (χ1n) is 3.67. The molecule has 0 amide bonds. The van der Waals surface area contributed by atoms with Crippen LogP contribution in [-0.2, 0) is 18.8 Å². The third kappa shape index (κ3) is 8.77. The summed E-state index contributed by atoms with van der Waals surface area (Å²) < 4.78 is 0. The van der Waals surface area contributed by atoms with Crippen LogP contribution in [0.1, 0.15) is 0 Å². The van der Waals surface area contributed by atoms with Crippen LogP contribution in [-0.4, -0.2) is 39.3 Å². The molecule has 3 nitrogen and oxygen atoms in total. The zero-order chi connectivity index (χ0) is 8.36. The van der Waals surface area contributed by atoms with Gasteiger partial charge in [0.1, 0.15) is 0 Å². The molecule has 70 valence electrons. The number of nitrogens with zero attached hydrogens (tertiary/aromatic N) is 1. The Morgan fingerprint density at radius 2 is 1.36 bits per heavy atom. The molecule has 0 spiro atoms. The fraction of sp³-hybridized carbons (Fsp3) is 1.00. The fourth-order valence-electron chi connectivity index (χ4n) is 0.855. The van der Waals surface area contributed by atoms with Gasteiger partial charge < -0.3 is 16.0 Å². The van der Waals surface area contributed by atoms with E-state index < -0.39 is 0 Å². The molecule has 1 heterocycles. The number of halogens is 1. The summed E-state index contributed by atoms with van der Waals surface area (Å²) in [6.07, 6.45) is 0. The summed E-state index contributed by atoms with van der Waals surface area (Å²) in [6, 6.07) is 0. The van der Waals surface area contributed by atoms with Crippen LogP contribution in [0.5, 0.6) is 0 Å². The topological polar surface area (TPSA) is 38.2 Å². The zero-order valence-electron chi connectivity index (χ0n) is 6.38. The van der Waals surface area contributed by atoms with Crippen LogP contribution in [0.4, 0.5) is 0 Å². The van der Waals surface area contributed by atoms with Gasteiger partial charge in [0.25, 0.3) is 0 Å². The van der Waals surface area contributed by atoms with Crippen molar-refractivity contribution in [3.8, 4) is 0 Å². The van der Waals surface area contributed by atoms with Crippen molar-refractivity contribution in [1.82, 2.24) is 10.6 Å². The third-order valence-electron chi connectivity index (χ3n) is 1.37. The predicted octanol–water partition coefficient (Wildman–Crippen LogP) is 0.240. The Labute approximate surface area is 83.5 Å². The first kappa shape index (κ1) is 11.9. The van der Waals surface area contributed by atoms with E-state index in [1.54, 1.807) is 18.8 Å². The van der Waals surface area contributed by atoms with Gasteiger partial charge in [0.05, 0.1) is 0 Å². The van der Waals surface area contributed by atoms with E-state index in [9.17, 15) is 0 Å². The molecule has 0 bridgehead atoms. The molecule has 0 unspecified atom stereocenters. The first-order chi connectivity index (χ1) is 5.50. The molecule has 11 heavy (non-hydrogen) atoms. The molecule has 0 aromatic carbocycles. The van der Waals surface area contributed by atoms with Gasteiger partial charge in [0.15, 0.2) is 0 Å². The van der Waals surface area contributed by atoms with Gasteiger partial charge in [-0.15, -0.1) is 13.1 Å². The van der Waals surface area contributed by atoms with Crippen LogP contribution in [0.25, 0.3) is 5.32 Å². The molecule has 1 fully saturated rings. The van der Waals surface area contributed by atoms with E-state index in [4.69, 9.17) is 0 Å². The second-order valence-electron chi connectivity index (χ2n) is 2.17. The summed E-state index contributed by atoms with van der Waals surface area (Å²) in [5.41, 5.74) is 0. The molecule has 0 radical (unpaired) electrons. The summed E-state index contributed by atoms with van der Waals surface area (Å²) in [4.78, 5) is 0. The SMILES string of the molecule is C1CNCCNCC[N-]1.[Cl][Pt+]. The van der Waals surface area contributed by atoms with Crippen molar-refractivity contribution in [2.24, 2.45) is 0 Å². The average molecular weight is 359 g/mol. The molecule has 0 saturated carbocycles. The zero-order valence-corrected chi connectivity index (χ0v) is 9.41. The second kappa shape index (κ2) is 10.9. The Bertz CT molecular complexity index is 46.3. The standard InChI is InChI=1S/C6H14N3.ClH.Pt/c1-2-8-5-6-9-4-3-7-1;;/h7-8H,1-6H2;1H;/q-1;;+2/p-1. The van der Waals surface area contributed by atoms with Gasteiger partial charge in [-0.25, -0.2) is 0 Å². The number of hydrogen-bond donors (Lipinski definition) is 2. The van der Waals surface area contributed by atoms with Crippen LogP contribution in [0.3, 0.4) is 0 Å². The van der Waals surface area contributed by atoms with Crippen LogP contribution < -0.4 is 10.6 Å². The van der Waals surface area contributed by atoms with Crippen LogP contribution in [0, 0.1) is 0 Å². The number of rotatable bonds is 0. The Morgan fingerprint density at radius 3 is 1.82 bits per heavy atom. The minimum absolute atomic E-state index is 0.974. The molecular weight excluding hydrogens is 345 g/mol. The molecule has 5 heteroatoms. The van der Waals surface area contributed by atoms with Crippen molar-refractivity contribution in [3.05, 3.63) is 5.32 Å². The van der Waals surface area contributed by atoms with E-state index in [0.717, 1.165) is 39.3 Å².